The first-order chi connectivity index (χ1) is 9.70. The Labute approximate surface area is 119 Å². The second-order valence-corrected chi connectivity index (χ2v) is 4.88. The van der Waals surface area contributed by atoms with Crippen LogP contribution in [0.5, 0.6) is 5.75 Å². The molecule has 1 aliphatic heterocycles. The molecule has 0 aliphatic carbocycles. The number of benzene rings is 1. The van der Waals surface area contributed by atoms with E-state index in [1.165, 1.54) is 0 Å². The minimum atomic E-state index is -0.131. The van der Waals surface area contributed by atoms with E-state index in [4.69, 9.17) is 15.2 Å². The maximum absolute atomic E-state index is 12.0. The topological polar surface area (TPSA) is 73.6 Å². The van der Waals surface area contributed by atoms with Crippen LogP contribution in [0.1, 0.15) is 36.5 Å². The summed E-state index contributed by atoms with van der Waals surface area (Å²) < 4.78 is 10.9. The van der Waals surface area contributed by atoms with Gasteiger partial charge in [-0.15, -0.1) is 0 Å². The smallest absolute Gasteiger partial charge is 0.251 e. The highest BCUT2D eigenvalue weighted by molar-refractivity contribution is 5.95. The van der Waals surface area contributed by atoms with Crippen LogP contribution in [0.15, 0.2) is 18.2 Å². The van der Waals surface area contributed by atoms with Gasteiger partial charge in [0.2, 0.25) is 0 Å². The van der Waals surface area contributed by atoms with Crippen molar-refractivity contribution in [1.82, 2.24) is 5.32 Å². The average molecular weight is 278 g/mol. The Morgan fingerprint density at radius 2 is 2.35 bits per heavy atom. The van der Waals surface area contributed by atoms with E-state index in [0.29, 0.717) is 30.2 Å². The summed E-state index contributed by atoms with van der Waals surface area (Å²) in [6.07, 6.45) is 3.41. The van der Waals surface area contributed by atoms with Gasteiger partial charge in [0.05, 0.1) is 18.4 Å². The molecule has 5 nitrogen and oxygen atoms in total. The third-order valence-corrected chi connectivity index (χ3v) is 3.34. The van der Waals surface area contributed by atoms with Crippen LogP contribution in [0.4, 0.5) is 5.69 Å². The number of carbonyl (C=O) groups is 1. The van der Waals surface area contributed by atoms with Gasteiger partial charge in [0, 0.05) is 18.7 Å². The highest BCUT2D eigenvalue weighted by Crippen LogP contribution is 2.22. The lowest BCUT2D eigenvalue weighted by molar-refractivity contribution is 0.0169. The summed E-state index contributed by atoms with van der Waals surface area (Å²) in [7, 11) is 0. The number of carbonyl (C=O) groups excluding carboxylic acids is 1. The van der Waals surface area contributed by atoms with Gasteiger partial charge in [0.15, 0.2) is 0 Å². The highest BCUT2D eigenvalue weighted by Gasteiger charge is 2.15. The van der Waals surface area contributed by atoms with Crippen molar-refractivity contribution in [3.63, 3.8) is 0 Å². The molecule has 2 rings (SSSR count). The van der Waals surface area contributed by atoms with E-state index in [2.05, 4.69) is 5.32 Å². The van der Waals surface area contributed by atoms with Gasteiger partial charge >= 0.3 is 0 Å². The number of rotatable bonds is 5. The summed E-state index contributed by atoms with van der Waals surface area (Å²) >= 11 is 0. The van der Waals surface area contributed by atoms with Crippen LogP contribution in [0.2, 0.25) is 0 Å². The number of nitrogen functional groups attached to an aromatic ring is 1. The lowest BCUT2D eigenvalue weighted by Gasteiger charge is -2.22. The van der Waals surface area contributed by atoms with Gasteiger partial charge in [-0.2, -0.15) is 0 Å². The van der Waals surface area contributed by atoms with Gasteiger partial charge in [-0.3, -0.25) is 4.79 Å². The third-order valence-electron chi connectivity index (χ3n) is 3.34. The molecule has 1 aromatic carbocycles. The molecule has 0 saturated carbocycles. The number of hydrogen-bond acceptors (Lipinski definition) is 4. The van der Waals surface area contributed by atoms with E-state index < -0.39 is 0 Å². The molecular formula is C15H22N2O3. The normalized spacial score (nSPS) is 18.6. The molecule has 0 aromatic heterocycles. The van der Waals surface area contributed by atoms with E-state index in [1.807, 2.05) is 6.92 Å². The molecule has 0 spiro atoms. The Hall–Kier alpha value is -1.75. The van der Waals surface area contributed by atoms with Crippen LogP contribution in [-0.4, -0.2) is 31.8 Å². The predicted molar refractivity (Wildman–Crippen MR) is 77.9 cm³/mol. The van der Waals surface area contributed by atoms with Crippen LogP contribution < -0.4 is 15.8 Å². The fraction of sp³-hybridized carbons (Fsp3) is 0.533. The van der Waals surface area contributed by atoms with Gasteiger partial charge in [-0.25, -0.2) is 0 Å². The first kappa shape index (κ1) is 14.7. The quantitative estimate of drug-likeness (QED) is 0.808. The van der Waals surface area contributed by atoms with Crippen LogP contribution in [0, 0.1) is 0 Å². The molecule has 1 amide bonds. The Bertz CT molecular complexity index is 456. The molecule has 1 heterocycles. The second kappa shape index (κ2) is 7.14. The lowest BCUT2D eigenvalue weighted by Crippen LogP contribution is -2.35. The fourth-order valence-corrected chi connectivity index (χ4v) is 2.25. The van der Waals surface area contributed by atoms with Crippen molar-refractivity contribution in [3.8, 4) is 5.75 Å². The van der Waals surface area contributed by atoms with E-state index >= 15 is 0 Å². The van der Waals surface area contributed by atoms with Gasteiger partial charge in [-0.1, -0.05) is 0 Å². The van der Waals surface area contributed by atoms with E-state index in [9.17, 15) is 4.79 Å². The maximum Gasteiger partial charge on any atom is 0.251 e. The van der Waals surface area contributed by atoms with Crippen molar-refractivity contribution < 1.29 is 14.3 Å². The average Bonchev–Trinajstić information content (AvgIpc) is 2.48. The Morgan fingerprint density at radius 1 is 1.50 bits per heavy atom. The maximum atomic E-state index is 12.0. The molecule has 1 atom stereocenters. The summed E-state index contributed by atoms with van der Waals surface area (Å²) in [6.45, 7) is 3.78. The summed E-state index contributed by atoms with van der Waals surface area (Å²) in [5, 5.41) is 2.89. The largest absolute Gasteiger partial charge is 0.492 e. The Morgan fingerprint density at radius 3 is 3.00 bits per heavy atom. The van der Waals surface area contributed by atoms with Crippen molar-refractivity contribution in [2.24, 2.45) is 0 Å². The number of nitrogens with two attached hydrogens (primary N) is 1. The number of nitrogens with one attached hydrogen (secondary N) is 1. The number of anilines is 1. The van der Waals surface area contributed by atoms with Crippen molar-refractivity contribution in [1.29, 1.82) is 0 Å². The van der Waals surface area contributed by atoms with Crippen LogP contribution in [-0.2, 0) is 4.74 Å². The number of amides is 1. The SMILES string of the molecule is CCOc1ccc(C(=O)NCC2CCCCO2)cc1N. The fourth-order valence-electron chi connectivity index (χ4n) is 2.25. The Balaban J connectivity index is 1.89. The zero-order valence-corrected chi connectivity index (χ0v) is 11.9. The molecule has 5 heteroatoms. The van der Waals surface area contributed by atoms with Crippen LogP contribution in [0.3, 0.4) is 0 Å². The zero-order chi connectivity index (χ0) is 14.4. The molecule has 3 N–H and O–H groups in total. The van der Waals surface area contributed by atoms with Gasteiger partial charge in [0.1, 0.15) is 5.75 Å². The van der Waals surface area contributed by atoms with Crippen molar-refractivity contribution in [2.75, 3.05) is 25.5 Å². The van der Waals surface area contributed by atoms with Crippen molar-refractivity contribution >= 4 is 11.6 Å². The molecule has 1 unspecified atom stereocenters. The van der Waals surface area contributed by atoms with Gasteiger partial charge < -0.3 is 20.5 Å². The molecule has 20 heavy (non-hydrogen) atoms. The summed E-state index contributed by atoms with van der Waals surface area (Å²) in [5.41, 5.74) is 6.88. The zero-order valence-electron chi connectivity index (χ0n) is 11.9. The van der Waals surface area contributed by atoms with Gasteiger partial charge in [0.25, 0.3) is 5.91 Å². The molecule has 1 aliphatic rings. The van der Waals surface area contributed by atoms with Crippen LogP contribution >= 0.6 is 0 Å². The van der Waals surface area contributed by atoms with Crippen molar-refractivity contribution in [2.45, 2.75) is 32.3 Å². The summed E-state index contributed by atoms with van der Waals surface area (Å²) in [4.78, 5) is 12.0. The monoisotopic (exact) mass is 278 g/mol. The standard InChI is InChI=1S/C15H22N2O3/c1-2-19-14-7-6-11(9-13(14)16)15(18)17-10-12-5-3-4-8-20-12/h6-7,9,12H,2-5,8,10,16H2,1H3,(H,17,18). The number of ether oxygens (including phenoxy) is 2. The van der Waals surface area contributed by atoms with E-state index in [0.717, 1.165) is 25.9 Å². The third kappa shape index (κ3) is 3.87. The molecule has 0 bridgehead atoms. The first-order valence-electron chi connectivity index (χ1n) is 7.13. The molecule has 0 radical (unpaired) electrons. The molecule has 1 aromatic rings. The second-order valence-electron chi connectivity index (χ2n) is 4.88. The first-order valence-corrected chi connectivity index (χ1v) is 7.13. The molecule has 1 fully saturated rings. The van der Waals surface area contributed by atoms with Crippen LogP contribution in [0.25, 0.3) is 0 Å². The van der Waals surface area contributed by atoms with Gasteiger partial charge in [-0.05, 0) is 44.4 Å². The molecule has 1 saturated heterocycles. The predicted octanol–water partition coefficient (Wildman–Crippen LogP) is 1.97. The molecule has 110 valence electrons. The van der Waals surface area contributed by atoms with E-state index in [1.54, 1.807) is 18.2 Å². The summed E-state index contributed by atoms with van der Waals surface area (Å²) in [5.74, 6) is 0.480. The lowest BCUT2D eigenvalue weighted by atomic mass is 10.1. The van der Waals surface area contributed by atoms with Crippen molar-refractivity contribution in [3.05, 3.63) is 23.8 Å². The van der Waals surface area contributed by atoms with E-state index in [-0.39, 0.29) is 12.0 Å². The highest BCUT2D eigenvalue weighted by atomic mass is 16.5. The number of hydrogen-bond donors (Lipinski definition) is 2. The molecular weight excluding hydrogens is 256 g/mol. The Kier molecular flexibility index (Phi) is 5.24. The minimum Gasteiger partial charge on any atom is -0.492 e. The minimum absolute atomic E-state index is 0.131. The summed E-state index contributed by atoms with van der Waals surface area (Å²) in [6, 6.07) is 5.09.